The Kier molecular flexibility index (Phi) is 6.85. The summed E-state index contributed by atoms with van der Waals surface area (Å²) < 4.78 is 13.8. The highest BCUT2D eigenvalue weighted by Crippen LogP contribution is 2.20. The lowest BCUT2D eigenvalue weighted by Gasteiger charge is -2.35. The fourth-order valence-corrected chi connectivity index (χ4v) is 2.86. The molecule has 2 rings (SSSR count). The first-order chi connectivity index (χ1) is 11.1. The molecule has 0 radical (unpaired) electrons. The number of para-hydroxylation sites is 1. The van der Waals surface area contributed by atoms with E-state index in [0.717, 1.165) is 51.3 Å². The van der Waals surface area contributed by atoms with Gasteiger partial charge in [-0.3, -0.25) is 4.90 Å². The molecule has 1 aromatic rings. The molecule has 1 aliphatic heterocycles. The number of rotatable bonds is 6. The molecule has 0 atom stereocenters. The Morgan fingerprint density at radius 1 is 1.04 bits per heavy atom. The number of allylic oxidation sites excluding steroid dienone is 3. The van der Waals surface area contributed by atoms with E-state index in [2.05, 4.69) is 42.7 Å². The van der Waals surface area contributed by atoms with Gasteiger partial charge in [0.25, 0.3) is 0 Å². The van der Waals surface area contributed by atoms with Gasteiger partial charge in [0.05, 0.1) is 5.69 Å². The third-order valence-electron chi connectivity index (χ3n) is 4.35. The van der Waals surface area contributed by atoms with Crippen molar-refractivity contribution >= 4 is 5.69 Å². The third-order valence-corrected chi connectivity index (χ3v) is 4.35. The standard InChI is InChI=1S/C20H29FN2/c1-17(2)7-6-8-18(3)11-12-22-13-15-23(16-14-22)20-10-5-4-9-19(20)21/h4-5,7,9-11H,6,8,12-16H2,1-3H3. The SMILES string of the molecule is CC(C)=CCCC(C)=CCN1CCN(c2ccccc2F)CC1. The predicted octanol–water partition coefficient (Wildman–Crippen LogP) is 4.64. The lowest BCUT2D eigenvalue weighted by atomic mass is 10.1. The molecule has 1 aliphatic rings. The Labute approximate surface area is 140 Å². The highest BCUT2D eigenvalue weighted by Gasteiger charge is 2.18. The van der Waals surface area contributed by atoms with E-state index in [1.807, 2.05) is 12.1 Å². The summed E-state index contributed by atoms with van der Waals surface area (Å²) in [5, 5.41) is 0. The van der Waals surface area contributed by atoms with Gasteiger partial charge in [-0.1, -0.05) is 35.4 Å². The maximum Gasteiger partial charge on any atom is 0.146 e. The lowest BCUT2D eigenvalue weighted by molar-refractivity contribution is 0.282. The molecule has 0 spiro atoms. The van der Waals surface area contributed by atoms with Crippen molar-refractivity contribution in [3.05, 3.63) is 53.4 Å². The molecule has 0 N–H and O–H groups in total. The van der Waals surface area contributed by atoms with Crippen molar-refractivity contribution in [2.24, 2.45) is 0 Å². The van der Waals surface area contributed by atoms with Gasteiger partial charge in [0.2, 0.25) is 0 Å². The molecule has 0 aromatic heterocycles. The van der Waals surface area contributed by atoms with Crippen molar-refractivity contribution < 1.29 is 4.39 Å². The molecule has 1 aromatic carbocycles. The van der Waals surface area contributed by atoms with Gasteiger partial charge in [0.15, 0.2) is 0 Å². The molecule has 2 nitrogen and oxygen atoms in total. The van der Waals surface area contributed by atoms with E-state index < -0.39 is 0 Å². The molecule has 1 saturated heterocycles. The molecule has 1 heterocycles. The summed E-state index contributed by atoms with van der Waals surface area (Å²) in [6.07, 6.45) is 6.91. The summed E-state index contributed by atoms with van der Waals surface area (Å²) in [7, 11) is 0. The van der Waals surface area contributed by atoms with Crippen molar-refractivity contribution in [1.82, 2.24) is 4.90 Å². The molecule has 0 aliphatic carbocycles. The molecule has 126 valence electrons. The summed E-state index contributed by atoms with van der Waals surface area (Å²) >= 11 is 0. The number of hydrogen-bond donors (Lipinski definition) is 0. The van der Waals surface area contributed by atoms with Crippen LogP contribution in [0, 0.1) is 5.82 Å². The van der Waals surface area contributed by atoms with Crippen LogP contribution in [0.2, 0.25) is 0 Å². The van der Waals surface area contributed by atoms with Crippen molar-refractivity contribution in [3.8, 4) is 0 Å². The number of anilines is 1. The Hall–Kier alpha value is -1.61. The van der Waals surface area contributed by atoms with Crippen LogP contribution in [0.3, 0.4) is 0 Å². The Morgan fingerprint density at radius 3 is 2.39 bits per heavy atom. The molecule has 3 heteroatoms. The summed E-state index contributed by atoms with van der Waals surface area (Å²) in [5.41, 5.74) is 3.58. The number of halogens is 1. The molecule has 0 saturated carbocycles. The normalized spacial score (nSPS) is 16.5. The second-order valence-electron chi connectivity index (χ2n) is 6.61. The zero-order valence-electron chi connectivity index (χ0n) is 14.7. The molecule has 23 heavy (non-hydrogen) atoms. The van der Waals surface area contributed by atoms with E-state index in [9.17, 15) is 4.39 Å². The van der Waals surface area contributed by atoms with Crippen LogP contribution < -0.4 is 4.90 Å². The van der Waals surface area contributed by atoms with Crippen LogP contribution >= 0.6 is 0 Å². The Balaban J connectivity index is 1.76. The van der Waals surface area contributed by atoms with Crippen LogP contribution in [0.1, 0.15) is 33.6 Å². The fourth-order valence-electron chi connectivity index (χ4n) is 2.86. The van der Waals surface area contributed by atoms with Gasteiger partial charge in [0, 0.05) is 32.7 Å². The first kappa shape index (κ1) is 17.7. The van der Waals surface area contributed by atoms with E-state index in [1.54, 1.807) is 12.1 Å². The predicted molar refractivity (Wildman–Crippen MR) is 97.5 cm³/mol. The highest BCUT2D eigenvalue weighted by atomic mass is 19.1. The fraction of sp³-hybridized carbons (Fsp3) is 0.500. The second kappa shape index (κ2) is 8.88. The second-order valence-corrected chi connectivity index (χ2v) is 6.61. The topological polar surface area (TPSA) is 6.48 Å². The number of benzene rings is 1. The molecule has 0 bridgehead atoms. The molecule has 0 amide bonds. The van der Waals surface area contributed by atoms with E-state index in [-0.39, 0.29) is 5.82 Å². The number of hydrogen-bond acceptors (Lipinski definition) is 2. The first-order valence-corrected chi connectivity index (χ1v) is 8.57. The quantitative estimate of drug-likeness (QED) is 0.705. The van der Waals surface area contributed by atoms with Gasteiger partial charge in [-0.15, -0.1) is 0 Å². The minimum Gasteiger partial charge on any atom is -0.367 e. The average Bonchev–Trinajstić information content (AvgIpc) is 2.54. The summed E-state index contributed by atoms with van der Waals surface area (Å²) in [6.45, 7) is 11.3. The van der Waals surface area contributed by atoms with Crippen LogP contribution in [-0.4, -0.2) is 37.6 Å². The Bertz CT molecular complexity index is 551. The lowest BCUT2D eigenvalue weighted by Crippen LogP contribution is -2.46. The van der Waals surface area contributed by atoms with Gasteiger partial charge >= 0.3 is 0 Å². The van der Waals surface area contributed by atoms with Crippen LogP contribution in [0.25, 0.3) is 0 Å². The minimum absolute atomic E-state index is 0.115. The van der Waals surface area contributed by atoms with Crippen LogP contribution in [-0.2, 0) is 0 Å². The monoisotopic (exact) mass is 316 g/mol. The number of nitrogens with zero attached hydrogens (tertiary/aromatic N) is 2. The summed E-state index contributed by atoms with van der Waals surface area (Å²) in [4.78, 5) is 4.60. The van der Waals surface area contributed by atoms with Crippen molar-refractivity contribution in [1.29, 1.82) is 0 Å². The van der Waals surface area contributed by atoms with E-state index in [1.165, 1.54) is 11.1 Å². The van der Waals surface area contributed by atoms with E-state index in [0.29, 0.717) is 0 Å². The maximum atomic E-state index is 13.8. The van der Waals surface area contributed by atoms with E-state index >= 15 is 0 Å². The van der Waals surface area contributed by atoms with Crippen molar-refractivity contribution in [2.75, 3.05) is 37.6 Å². The highest BCUT2D eigenvalue weighted by molar-refractivity contribution is 5.48. The largest absolute Gasteiger partial charge is 0.367 e. The smallest absolute Gasteiger partial charge is 0.146 e. The zero-order valence-corrected chi connectivity index (χ0v) is 14.7. The van der Waals surface area contributed by atoms with Crippen LogP contribution in [0.5, 0.6) is 0 Å². The minimum atomic E-state index is -0.115. The van der Waals surface area contributed by atoms with Crippen molar-refractivity contribution in [2.45, 2.75) is 33.6 Å². The first-order valence-electron chi connectivity index (χ1n) is 8.57. The van der Waals surface area contributed by atoms with Gasteiger partial charge < -0.3 is 4.90 Å². The molecule has 1 fully saturated rings. The summed E-state index contributed by atoms with van der Waals surface area (Å²) in [5.74, 6) is -0.115. The van der Waals surface area contributed by atoms with Crippen LogP contribution in [0.15, 0.2) is 47.6 Å². The number of piperazine rings is 1. The van der Waals surface area contributed by atoms with E-state index in [4.69, 9.17) is 0 Å². The van der Waals surface area contributed by atoms with Crippen molar-refractivity contribution in [3.63, 3.8) is 0 Å². The molecular formula is C20H29FN2. The molecule has 0 unspecified atom stereocenters. The van der Waals surface area contributed by atoms with Gasteiger partial charge in [-0.25, -0.2) is 4.39 Å². The zero-order chi connectivity index (χ0) is 16.7. The molecular weight excluding hydrogens is 287 g/mol. The van der Waals surface area contributed by atoms with Gasteiger partial charge in [0.1, 0.15) is 5.82 Å². The third kappa shape index (κ3) is 5.83. The Morgan fingerprint density at radius 2 is 1.74 bits per heavy atom. The van der Waals surface area contributed by atoms with Crippen LogP contribution in [0.4, 0.5) is 10.1 Å². The van der Waals surface area contributed by atoms with Gasteiger partial charge in [-0.05, 0) is 45.7 Å². The average molecular weight is 316 g/mol. The maximum absolute atomic E-state index is 13.8. The van der Waals surface area contributed by atoms with Gasteiger partial charge in [-0.2, -0.15) is 0 Å². The summed E-state index contributed by atoms with van der Waals surface area (Å²) in [6, 6.07) is 7.07.